The summed E-state index contributed by atoms with van der Waals surface area (Å²) in [6.45, 7) is 1.03. The van der Waals surface area contributed by atoms with Gasteiger partial charge in [0.25, 0.3) is 5.56 Å². The summed E-state index contributed by atoms with van der Waals surface area (Å²) in [5.41, 5.74) is 0.174. The lowest BCUT2D eigenvalue weighted by atomic mass is 9.85. The smallest absolute Gasteiger partial charge is 0.291 e. The van der Waals surface area contributed by atoms with E-state index in [0.717, 1.165) is 12.8 Å². The SMILES string of the molecule is O=c1c(NCC(O)C2CC2)c(Cl)cnn1CC1CCC1. The molecular formula is C14H20ClN3O2. The number of rotatable bonds is 6. The highest BCUT2D eigenvalue weighted by Gasteiger charge is 2.29. The quantitative estimate of drug-likeness (QED) is 0.841. The van der Waals surface area contributed by atoms with E-state index in [0.29, 0.717) is 35.6 Å². The summed E-state index contributed by atoms with van der Waals surface area (Å²) < 4.78 is 1.49. The first kappa shape index (κ1) is 13.9. The van der Waals surface area contributed by atoms with E-state index >= 15 is 0 Å². The van der Waals surface area contributed by atoms with Crippen molar-refractivity contribution >= 4 is 17.3 Å². The molecule has 1 unspecified atom stereocenters. The lowest BCUT2D eigenvalue weighted by molar-refractivity contribution is 0.164. The third-order valence-corrected chi connectivity index (χ3v) is 4.59. The third kappa shape index (κ3) is 2.99. The molecule has 0 aliphatic heterocycles. The number of nitrogens with one attached hydrogen (secondary N) is 1. The van der Waals surface area contributed by atoms with Crippen LogP contribution in [0, 0.1) is 11.8 Å². The molecule has 2 aliphatic rings. The summed E-state index contributed by atoms with van der Waals surface area (Å²) in [5.74, 6) is 0.937. The van der Waals surface area contributed by atoms with E-state index in [1.165, 1.54) is 30.1 Å². The largest absolute Gasteiger partial charge is 0.391 e. The molecule has 0 saturated heterocycles. The minimum Gasteiger partial charge on any atom is -0.391 e. The number of anilines is 1. The Hall–Kier alpha value is -1.07. The fourth-order valence-corrected chi connectivity index (χ4v) is 2.72. The predicted octanol–water partition coefficient (Wildman–Crippen LogP) is 1.88. The molecule has 2 fully saturated rings. The molecule has 1 aromatic heterocycles. The molecule has 110 valence electrons. The normalized spacial score (nSPS) is 20.5. The number of hydrogen-bond donors (Lipinski definition) is 2. The van der Waals surface area contributed by atoms with Gasteiger partial charge in [0.05, 0.1) is 17.3 Å². The van der Waals surface area contributed by atoms with Crippen molar-refractivity contribution in [3.8, 4) is 0 Å². The Morgan fingerprint density at radius 1 is 1.45 bits per heavy atom. The van der Waals surface area contributed by atoms with E-state index in [-0.39, 0.29) is 5.56 Å². The number of aliphatic hydroxyl groups excluding tert-OH is 1. The van der Waals surface area contributed by atoms with Crippen molar-refractivity contribution in [2.24, 2.45) is 11.8 Å². The molecule has 1 aromatic rings. The fourth-order valence-electron chi connectivity index (χ4n) is 2.53. The Bertz CT molecular complexity index is 538. The maximum absolute atomic E-state index is 12.3. The highest BCUT2D eigenvalue weighted by Crippen LogP contribution is 2.32. The van der Waals surface area contributed by atoms with Crippen LogP contribution in [0.2, 0.25) is 5.02 Å². The second-order valence-electron chi connectivity index (χ2n) is 5.94. The van der Waals surface area contributed by atoms with Gasteiger partial charge in [0, 0.05) is 13.1 Å². The van der Waals surface area contributed by atoms with Crippen LogP contribution in [0.15, 0.2) is 11.0 Å². The molecule has 2 N–H and O–H groups in total. The lowest BCUT2D eigenvalue weighted by Gasteiger charge is -2.25. The Labute approximate surface area is 122 Å². The molecule has 20 heavy (non-hydrogen) atoms. The zero-order valence-electron chi connectivity index (χ0n) is 11.4. The Kier molecular flexibility index (Phi) is 3.98. The Morgan fingerprint density at radius 2 is 2.20 bits per heavy atom. The van der Waals surface area contributed by atoms with Gasteiger partial charge in [-0.1, -0.05) is 18.0 Å². The van der Waals surface area contributed by atoms with E-state index in [2.05, 4.69) is 10.4 Å². The van der Waals surface area contributed by atoms with E-state index in [4.69, 9.17) is 11.6 Å². The predicted molar refractivity (Wildman–Crippen MR) is 78.1 cm³/mol. The lowest BCUT2D eigenvalue weighted by Crippen LogP contribution is -2.32. The molecular weight excluding hydrogens is 278 g/mol. The van der Waals surface area contributed by atoms with E-state index in [1.807, 2.05) is 0 Å². The van der Waals surface area contributed by atoms with Crippen LogP contribution in [-0.2, 0) is 6.54 Å². The maximum Gasteiger partial charge on any atom is 0.291 e. The van der Waals surface area contributed by atoms with Crippen molar-refractivity contribution in [2.45, 2.75) is 44.8 Å². The summed E-state index contributed by atoms with van der Waals surface area (Å²) in [6, 6.07) is 0. The van der Waals surface area contributed by atoms with Crippen LogP contribution in [-0.4, -0.2) is 27.5 Å². The number of halogens is 1. The van der Waals surface area contributed by atoms with Crippen LogP contribution in [0.5, 0.6) is 0 Å². The summed E-state index contributed by atoms with van der Waals surface area (Å²) in [4.78, 5) is 12.3. The third-order valence-electron chi connectivity index (χ3n) is 4.31. The van der Waals surface area contributed by atoms with Gasteiger partial charge in [-0.05, 0) is 37.5 Å². The first-order valence-electron chi connectivity index (χ1n) is 7.32. The van der Waals surface area contributed by atoms with Crippen LogP contribution in [0.3, 0.4) is 0 Å². The molecule has 2 aliphatic carbocycles. The molecule has 0 aromatic carbocycles. The number of nitrogens with zero attached hydrogens (tertiary/aromatic N) is 2. The van der Waals surface area contributed by atoms with Gasteiger partial charge in [0.15, 0.2) is 0 Å². The highest BCUT2D eigenvalue weighted by molar-refractivity contribution is 6.32. The molecule has 5 nitrogen and oxygen atoms in total. The minimum absolute atomic E-state index is 0.188. The Balaban J connectivity index is 1.70. The van der Waals surface area contributed by atoms with Gasteiger partial charge in [-0.2, -0.15) is 5.10 Å². The monoisotopic (exact) mass is 297 g/mol. The molecule has 1 heterocycles. The van der Waals surface area contributed by atoms with Gasteiger partial charge in [0.2, 0.25) is 0 Å². The van der Waals surface area contributed by atoms with Gasteiger partial charge in [-0.3, -0.25) is 4.79 Å². The first-order chi connectivity index (χ1) is 9.65. The van der Waals surface area contributed by atoms with Crippen molar-refractivity contribution in [1.29, 1.82) is 0 Å². The standard InChI is InChI=1S/C14H20ClN3O2/c15-11-6-17-18(8-9-2-1-3-9)14(20)13(11)16-7-12(19)10-4-5-10/h6,9-10,12,16,19H,1-5,7-8H2. The van der Waals surface area contributed by atoms with E-state index < -0.39 is 6.10 Å². The number of hydrogen-bond acceptors (Lipinski definition) is 4. The molecule has 0 bridgehead atoms. The maximum atomic E-state index is 12.3. The van der Waals surface area contributed by atoms with E-state index in [9.17, 15) is 9.90 Å². The molecule has 6 heteroatoms. The fraction of sp³-hybridized carbons (Fsp3) is 0.714. The van der Waals surface area contributed by atoms with Crippen LogP contribution < -0.4 is 10.9 Å². The van der Waals surface area contributed by atoms with Gasteiger partial charge in [0.1, 0.15) is 5.69 Å². The summed E-state index contributed by atoms with van der Waals surface area (Å²) >= 11 is 6.04. The van der Waals surface area contributed by atoms with Crippen LogP contribution in [0.1, 0.15) is 32.1 Å². The second kappa shape index (κ2) is 5.74. The van der Waals surface area contributed by atoms with Gasteiger partial charge >= 0.3 is 0 Å². The van der Waals surface area contributed by atoms with Crippen molar-refractivity contribution in [3.05, 3.63) is 21.6 Å². The zero-order chi connectivity index (χ0) is 14.1. The second-order valence-corrected chi connectivity index (χ2v) is 6.34. The molecule has 2 saturated carbocycles. The van der Waals surface area contributed by atoms with Crippen molar-refractivity contribution < 1.29 is 5.11 Å². The minimum atomic E-state index is -0.404. The molecule has 3 rings (SSSR count). The average Bonchev–Trinajstić information content (AvgIpc) is 3.19. The summed E-state index contributed by atoms with van der Waals surface area (Å²) in [5, 5.41) is 17.3. The molecule has 0 radical (unpaired) electrons. The number of aromatic nitrogens is 2. The summed E-state index contributed by atoms with van der Waals surface area (Å²) in [7, 11) is 0. The molecule has 0 spiro atoms. The van der Waals surface area contributed by atoms with Crippen molar-refractivity contribution in [3.63, 3.8) is 0 Å². The molecule has 0 amide bonds. The van der Waals surface area contributed by atoms with Crippen LogP contribution in [0.4, 0.5) is 5.69 Å². The Morgan fingerprint density at radius 3 is 2.80 bits per heavy atom. The van der Waals surface area contributed by atoms with Gasteiger partial charge in [-0.25, -0.2) is 4.68 Å². The van der Waals surface area contributed by atoms with Gasteiger partial charge in [-0.15, -0.1) is 0 Å². The van der Waals surface area contributed by atoms with Gasteiger partial charge < -0.3 is 10.4 Å². The van der Waals surface area contributed by atoms with Crippen LogP contribution >= 0.6 is 11.6 Å². The van der Waals surface area contributed by atoms with E-state index in [1.54, 1.807) is 0 Å². The zero-order valence-corrected chi connectivity index (χ0v) is 12.1. The number of aliphatic hydroxyl groups is 1. The topological polar surface area (TPSA) is 67.2 Å². The summed E-state index contributed by atoms with van der Waals surface area (Å²) in [6.07, 6.45) is 6.81. The molecule has 1 atom stereocenters. The van der Waals surface area contributed by atoms with Crippen molar-refractivity contribution in [2.75, 3.05) is 11.9 Å². The average molecular weight is 298 g/mol. The highest BCUT2D eigenvalue weighted by atomic mass is 35.5. The van der Waals surface area contributed by atoms with Crippen molar-refractivity contribution in [1.82, 2.24) is 9.78 Å². The van der Waals surface area contributed by atoms with Crippen LogP contribution in [0.25, 0.3) is 0 Å². The first-order valence-corrected chi connectivity index (χ1v) is 7.70.